The standard InChI is InChI=1S/C19H19N3O3S/c23-17(15-11-13-8-4-5-9-14(13)18(24)25-15)20-19-22-21-16(26-19)10-12-6-2-1-3-7-12/h4-5,8-9,11-12H,1-3,6-7,10H2,(H,20,22,23). The van der Waals surface area contributed by atoms with Crippen molar-refractivity contribution >= 4 is 33.1 Å². The Morgan fingerprint density at radius 3 is 2.85 bits per heavy atom. The van der Waals surface area contributed by atoms with Crippen LogP contribution < -0.4 is 10.9 Å². The number of hydrogen-bond donors (Lipinski definition) is 1. The molecule has 2 aromatic heterocycles. The third-order valence-electron chi connectivity index (χ3n) is 4.77. The van der Waals surface area contributed by atoms with Crippen LogP contribution in [0.15, 0.2) is 39.5 Å². The highest BCUT2D eigenvalue weighted by Crippen LogP contribution is 2.28. The molecule has 1 amide bonds. The number of carbonyl (C=O) groups excluding carboxylic acids is 1. The number of carbonyl (C=O) groups is 1. The molecule has 0 radical (unpaired) electrons. The van der Waals surface area contributed by atoms with Crippen LogP contribution in [0.3, 0.4) is 0 Å². The highest BCUT2D eigenvalue weighted by molar-refractivity contribution is 7.15. The first-order valence-electron chi connectivity index (χ1n) is 8.85. The lowest BCUT2D eigenvalue weighted by molar-refractivity contribution is 0.0993. The van der Waals surface area contributed by atoms with Gasteiger partial charge in [-0.25, -0.2) is 4.79 Å². The van der Waals surface area contributed by atoms with Gasteiger partial charge in [-0.3, -0.25) is 10.1 Å². The van der Waals surface area contributed by atoms with Crippen molar-refractivity contribution < 1.29 is 9.21 Å². The van der Waals surface area contributed by atoms with Crippen molar-refractivity contribution in [2.75, 3.05) is 5.32 Å². The van der Waals surface area contributed by atoms with Crippen molar-refractivity contribution in [1.29, 1.82) is 0 Å². The molecule has 1 aliphatic rings. The number of anilines is 1. The van der Waals surface area contributed by atoms with Crippen molar-refractivity contribution in [2.24, 2.45) is 5.92 Å². The van der Waals surface area contributed by atoms with Gasteiger partial charge in [-0.05, 0) is 23.4 Å². The second-order valence-electron chi connectivity index (χ2n) is 6.65. The van der Waals surface area contributed by atoms with E-state index in [4.69, 9.17) is 4.42 Å². The molecule has 1 saturated carbocycles. The lowest BCUT2D eigenvalue weighted by atomic mass is 9.87. The Labute approximate surface area is 154 Å². The van der Waals surface area contributed by atoms with Gasteiger partial charge in [0.2, 0.25) is 5.13 Å². The zero-order valence-corrected chi connectivity index (χ0v) is 15.1. The Bertz CT molecular complexity index is 989. The number of hydrogen-bond acceptors (Lipinski definition) is 6. The molecule has 0 aliphatic heterocycles. The van der Waals surface area contributed by atoms with Crippen LogP contribution in [-0.2, 0) is 6.42 Å². The first kappa shape index (κ1) is 16.9. The van der Waals surface area contributed by atoms with Gasteiger partial charge in [0.05, 0.1) is 5.39 Å². The number of fused-ring (bicyclic) bond motifs is 1. The van der Waals surface area contributed by atoms with Gasteiger partial charge in [0.25, 0.3) is 5.91 Å². The van der Waals surface area contributed by atoms with Crippen molar-refractivity contribution in [3.63, 3.8) is 0 Å². The zero-order chi connectivity index (χ0) is 17.9. The molecule has 1 aromatic carbocycles. The monoisotopic (exact) mass is 369 g/mol. The summed E-state index contributed by atoms with van der Waals surface area (Å²) in [4.78, 5) is 24.4. The van der Waals surface area contributed by atoms with E-state index in [1.165, 1.54) is 43.4 Å². The summed E-state index contributed by atoms with van der Waals surface area (Å²) in [6.45, 7) is 0. The van der Waals surface area contributed by atoms with Crippen molar-refractivity contribution in [3.8, 4) is 0 Å². The quantitative estimate of drug-likeness (QED) is 0.751. The van der Waals surface area contributed by atoms with E-state index in [1.807, 2.05) is 6.07 Å². The Morgan fingerprint density at radius 2 is 2.00 bits per heavy atom. The second-order valence-corrected chi connectivity index (χ2v) is 7.71. The van der Waals surface area contributed by atoms with Gasteiger partial charge in [-0.1, -0.05) is 61.6 Å². The van der Waals surface area contributed by atoms with E-state index in [9.17, 15) is 9.59 Å². The fourth-order valence-corrected chi connectivity index (χ4v) is 4.28. The van der Waals surface area contributed by atoms with Gasteiger partial charge in [-0.2, -0.15) is 0 Å². The van der Waals surface area contributed by atoms with E-state index < -0.39 is 11.5 Å². The smallest absolute Gasteiger partial charge is 0.344 e. The van der Waals surface area contributed by atoms with Crippen LogP contribution in [0.2, 0.25) is 0 Å². The summed E-state index contributed by atoms with van der Waals surface area (Å²) in [6, 6.07) is 8.58. The van der Waals surface area contributed by atoms with Crippen molar-refractivity contribution in [3.05, 3.63) is 51.5 Å². The van der Waals surface area contributed by atoms with Gasteiger partial charge in [-0.15, -0.1) is 10.2 Å². The Balaban J connectivity index is 1.47. The number of benzene rings is 1. The Morgan fingerprint density at radius 1 is 1.19 bits per heavy atom. The van der Waals surface area contributed by atoms with Crippen LogP contribution >= 0.6 is 11.3 Å². The molecule has 1 N–H and O–H groups in total. The molecule has 2 heterocycles. The largest absolute Gasteiger partial charge is 0.417 e. The van der Waals surface area contributed by atoms with Crippen LogP contribution in [0.25, 0.3) is 10.8 Å². The normalized spacial score (nSPS) is 15.2. The summed E-state index contributed by atoms with van der Waals surface area (Å²) in [6.07, 6.45) is 7.29. The molecule has 0 atom stereocenters. The van der Waals surface area contributed by atoms with Gasteiger partial charge in [0, 0.05) is 6.42 Å². The first-order chi connectivity index (χ1) is 12.7. The predicted octanol–water partition coefficient (Wildman–Crippen LogP) is 4.02. The molecule has 6 nitrogen and oxygen atoms in total. The third-order valence-corrected chi connectivity index (χ3v) is 5.63. The summed E-state index contributed by atoms with van der Waals surface area (Å²) < 4.78 is 5.14. The number of amides is 1. The summed E-state index contributed by atoms with van der Waals surface area (Å²) >= 11 is 1.38. The number of aromatic nitrogens is 2. The number of rotatable bonds is 4. The minimum atomic E-state index is -0.525. The average Bonchev–Trinajstić information content (AvgIpc) is 3.09. The van der Waals surface area contributed by atoms with Gasteiger partial charge in [0.1, 0.15) is 5.01 Å². The topological polar surface area (TPSA) is 85.1 Å². The van der Waals surface area contributed by atoms with E-state index in [-0.39, 0.29) is 5.76 Å². The predicted molar refractivity (Wildman–Crippen MR) is 101 cm³/mol. The first-order valence-corrected chi connectivity index (χ1v) is 9.67. The molecule has 0 bridgehead atoms. The maximum absolute atomic E-state index is 12.4. The minimum Gasteiger partial charge on any atom is -0.417 e. The molecule has 1 fully saturated rings. The van der Waals surface area contributed by atoms with Gasteiger partial charge in [0.15, 0.2) is 5.76 Å². The SMILES string of the molecule is O=C(Nc1nnc(CC2CCCCC2)s1)c1cc2ccccc2c(=O)o1. The molecule has 0 unspecified atom stereocenters. The summed E-state index contributed by atoms with van der Waals surface area (Å²) in [5.41, 5.74) is -0.525. The van der Waals surface area contributed by atoms with Crippen LogP contribution in [0.5, 0.6) is 0 Å². The van der Waals surface area contributed by atoms with E-state index in [0.29, 0.717) is 21.8 Å². The molecule has 3 aromatic rings. The molecule has 134 valence electrons. The van der Waals surface area contributed by atoms with Crippen LogP contribution in [-0.4, -0.2) is 16.1 Å². The summed E-state index contributed by atoms with van der Waals surface area (Å²) in [7, 11) is 0. The van der Waals surface area contributed by atoms with Crippen molar-refractivity contribution in [1.82, 2.24) is 10.2 Å². The molecule has 7 heteroatoms. The summed E-state index contributed by atoms with van der Waals surface area (Å²) in [5.74, 6) is 0.143. The van der Waals surface area contributed by atoms with Gasteiger partial charge < -0.3 is 4.42 Å². The van der Waals surface area contributed by atoms with E-state index in [2.05, 4.69) is 15.5 Å². The minimum absolute atomic E-state index is 0.0299. The average molecular weight is 369 g/mol. The lowest BCUT2D eigenvalue weighted by Crippen LogP contribution is -2.14. The maximum Gasteiger partial charge on any atom is 0.344 e. The Kier molecular flexibility index (Phi) is 4.79. The fraction of sp³-hybridized carbons (Fsp3) is 0.368. The molecule has 0 spiro atoms. The van der Waals surface area contributed by atoms with Crippen LogP contribution in [0.4, 0.5) is 5.13 Å². The third kappa shape index (κ3) is 3.67. The maximum atomic E-state index is 12.4. The van der Waals surface area contributed by atoms with E-state index >= 15 is 0 Å². The van der Waals surface area contributed by atoms with Crippen LogP contribution in [0.1, 0.15) is 47.7 Å². The molecule has 26 heavy (non-hydrogen) atoms. The summed E-state index contributed by atoms with van der Waals surface area (Å²) in [5, 5.41) is 13.4. The number of nitrogens with one attached hydrogen (secondary N) is 1. The highest BCUT2D eigenvalue weighted by Gasteiger charge is 2.18. The Hall–Kier alpha value is -2.54. The van der Waals surface area contributed by atoms with Crippen LogP contribution in [0, 0.1) is 5.92 Å². The molecular weight excluding hydrogens is 350 g/mol. The highest BCUT2D eigenvalue weighted by atomic mass is 32.1. The fourth-order valence-electron chi connectivity index (χ4n) is 3.43. The molecular formula is C19H19N3O3S. The van der Waals surface area contributed by atoms with Crippen molar-refractivity contribution in [2.45, 2.75) is 38.5 Å². The lowest BCUT2D eigenvalue weighted by Gasteiger charge is -2.19. The van der Waals surface area contributed by atoms with Gasteiger partial charge >= 0.3 is 5.63 Å². The molecule has 0 saturated heterocycles. The number of nitrogens with zero attached hydrogens (tertiary/aromatic N) is 2. The molecule has 4 rings (SSSR count). The second kappa shape index (κ2) is 7.37. The van der Waals surface area contributed by atoms with E-state index in [1.54, 1.807) is 24.3 Å². The molecule has 1 aliphatic carbocycles. The van der Waals surface area contributed by atoms with E-state index in [0.717, 1.165) is 11.4 Å². The zero-order valence-electron chi connectivity index (χ0n) is 14.2.